The first-order valence-electron chi connectivity index (χ1n) is 7.36. The summed E-state index contributed by atoms with van der Waals surface area (Å²) in [4.78, 5) is 11.8. The predicted octanol–water partition coefficient (Wildman–Crippen LogP) is 2.54. The Bertz CT molecular complexity index is 467. The maximum absolute atomic E-state index is 11.8. The molecule has 2 unspecified atom stereocenters. The average Bonchev–Trinajstić information content (AvgIpc) is 2.37. The molecule has 1 aliphatic rings. The fourth-order valence-corrected chi connectivity index (χ4v) is 2.54. The lowest BCUT2D eigenvalue weighted by atomic mass is 10.0. The smallest absolute Gasteiger partial charge is 0.309 e. The molecular weight excluding hydrogens is 270 g/mol. The van der Waals surface area contributed by atoms with E-state index in [1.807, 2.05) is 26.0 Å². The molecule has 0 spiro atoms. The normalized spacial score (nSPS) is 25.3. The lowest BCUT2D eigenvalue weighted by molar-refractivity contribution is -0.160. The SMILES string of the molecule is CC1CC(OC(=O)CCOc2cccc(N)c2)CC(C)O1. The van der Waals surface area contributed by atoms with Gasteiger partial charge in [0.1, 0.15) is 11.9 Å². The van der Waals surface area contributed by atoms with E-state index in [1.54, 1.807) is 12.1 Å². The van der Waals surface area contributed by atoms with Gasteiger partial charge in [0, 0.05) is 24.6 Å². The second kappa shape index (κ2) is 7.31. The number of rotatable bonds is 5. The molecule has 1 heterocycles. The first kappa shape index (κ1) is 15.6. The number of anilines is 1. The molecular formula is C16H23NO4. The summed E-state index contributed by atoms with van der Waals surface area (Å²) in [5.74, 6) is 0.432. The Balaban J connectivity index is 1.70. The molecule has 116 valence electrons. The molecule has 2 rings (SSSR count). The molecule has 0 aliphatic carbocycles. The van der Waals surface area contributed by atoms with Crippen LogP contribution in [0.5, 0.6) is 5.75 Å². The molecule has 1 aromatic carbocycles. The van der Waals surface area contributed by atoms with E-state index >= 15 is 0 Å². The minimum absolute atomic E-state index is 0.0522. The topological polar surface area (TPSA) is 70.8 Å². The standard InChI is InChI=1S/C16H23NO4/c1-11-8-15(9-12(2)20-11)21-16(18)6-7-19-14-5-3-4-13(17)10-14/h3-5,10-12,15H,6-9,17H2,1-2H3. The van der Waals surface area contributed by atoms with Gasteiger partial charge in [0.15, 0.2) is 0 Å². The molecule has 1 aromatic rings. The van der Waals surface area contributed by atoms with Crippen molar-refractivity contribution in [1.82, 2.24) is 0 Å². The zero-order valence-electron chi connectivity index (χ0n) is 12.6. The Hall–Kier alpha value is -1.75. The van der Waals surface area contributed by atoms with E-state index in [-0.39, 0.29) is 37.3 Å². The minimum atomic E-state index is -0.231. The fraction of sp³-hybridized carbons (Fsp3) is 0.562. The monoisotopic (exact) mass is 293 g/mol. The van der Waals surface area contributed by atoms with Crippen LogP contribution in [-0.4, -0.2) is 30.9 Å². The van der Waals surface area contributed by atoms with Gasteiger partial charge in [-0.05, 0) is 26.0 Å². The molecule has 0 saturated carbocycles. The van der Waals surface area contributed by atoms with Crippen LogP contribution in [0.3, 0.4) is 0 Å². The molecule has 0 bridgehead atoms. The summed E-state index contributed by atoms with van der Waals surface area (Å²) in [6.45, 7) is 4.29. The molecule has 1 aliphatic heterocycles. The van der Waals surface area contributed by atoms with E-state index < -0.39 is 0 Å². The predicted molar refractivity (Wildman–Crippen MR) is 80.1 cm³/mol. The highest BCUT2D eigenvalue weighted by Gasteiger charge is 2.27. The number of hydrogen-bond donors (Lipinski definition) is 1. The third-order valence-electron chi connectivity index (χ3n) is 3.39. The summed E-state index contributed by atoms with van der Waals surface area (Å²) in [6.07, 6.45) is 1.96. The van der Waals surface area contributed by atoms with Crippen LogP contribution in [0.1, 0.15) is 33.1 Å². The second-order valence-corrected chi connectivity index (χ2v) is 5.51. The van der Waals surface area contributed by atoms with Crippen LogP contribution in [0.15, 0.2) is 24.3 Å². The highest BCUT2D eigenvalue weighted by Crippen LogP contribution is 2.22. The maximum Gasteiger partial charge on any atom is 0.309 e. The zero-order chi connectivity index (χ0) is 15.2. The van der Waals surface area contributed by atoms with Crippen molar-refractivity contribution in [3.63, 3.8) is 0 Å². The number of nitrogen functional groups attached to an aromatic ring is 1. The molecule has 5 nitrogen and oxygen atoms in total. The van der Waals surface area contributed by atoms with E-state index in [2.05, 4.69) is 0 Å². The average molecular weight is 293 g/mol. The van der Waals surface area contributed by atoms with Crippen LogP contribution < -0.4 is 10.5 Å². The highest BCUT2D eigenvalue weighted by atomic mass is 16.6. The fourth-order valence-electron chi connectivity index (χ4n) is 2.54. The largest absolute Gasteiger partial charge is 0.493 e. The van der Waals surface area contributed by atoms with Gasteiger partial charge in [-0.25, -0.2) is 0 Å². The Kier molecular flexibility index (Phi) is 5.44. The van der Waals surface area contributed by atoms with Crippen molar-refractivity contribution in [2.45, 2.75) is 51.4 Å². The highest BCUT2D eigenvalue weighted by molar-refractivity contribution is 5.69. The Morgan fingerprint density at radius 3 is 2.71 bits per heavy atom. The van der Waals surface area contributed by atoms with Crippen molar-refractivity contribution in [3.8, 4) is 5.75 Å². The molecule has 0 amide bonds. The van der Waals surface area contributed by atoms with Crippen LogP contribution >= 0.6 is 0 Å². The van der Waals surface area contributed by atoms with Crippen molar-refractivity contribution in [2.24, 2.45) is 0 Å². The first-order valence-corrected chi connectivity index (χ1v) is 7.36. The number of carbonyl (C=O) groups excluding carboxylic acids is 1. The van der Waals surface area contributed by atoms with Crippen molar-refractivity contribution in [2.75, 3.05) is 12.3 Å². The third-order valence-corrected chi connectivity index (χ3v) is 3.39. The van der Waals surface area contributed by atoms with E-state index in [4.69, 9.17) is 19.9 Å². The summed E-state index contributed by atoms with van der Waals surface area (Å²) >= 11 is 0. The summed E-state index contributed by atoms with van der Waals surface area (Å²) in [5, 5.41) is 0. The minimum Gasteiger partial charge on any atom is -0.493 e. The lowest BCUT2D eigenvalue weighted by Crippen LogP contribution is -2.35. The van der Waals surface area contributed by atoms with Gasteiger partial charge >= 0.3 is 5.97 Å². The molecule has 2 atom stereocenters. The molecule has 1 saturated heterocycles. The summed E-state index contributed by atoms with van der Waals surface area (Å²) in [5.41, 5.74) is 6.30. The van der Waals surface area contributed by atoms with Gasteiger partial charge < -0.3 is 19.9 Å². The van der Waals surface area contributed by atoms with Crippen LogP contribution in [0, 0.1) is 0 Å². The van der Waals surface area contributed by atoms with Crippen molar-refractivity contribution in [3.05, 3.63) is 24.3 Å². The number of hydrogen-bond acceptors (Lipinski definition) is 5. The van der Waals surface area contributed by atoms with E-state index in [0.717, 1.165) is 12.8 Å². The van der Waals surface area contributed by atoms with Gasteiger partial charge in [-0.1, -0.05) is 6.07 Å². The molecule has 21 heavy (non-hydrogen) atoms. The number of nitrogens with two attached hydrogens (primary N) is 1. The number of ether oxygens (including phenoxy) is 3. The second-order valence-electron chi connectivity index (χ2n) is 5.51. The van der Waals surface area contributed by atoms with Gasteiger partial charge in [-0.3, -0.25) is 4.79 Å². The zero-order valence-corrected chi connectivity index (χ0v) is 12.6. The van der Waals surface area contributed by atoms with Crippen molar-refractivity contribution >= 4 is 11.7 Å². The van der Waals surface area contributed by atoms with Crippen molar-refractivity contribution < 1.29 is 19.0 Å². The van der Waals surface area contributed by atoms with Crippen molar-refractivity contribution in [1.29, 1.82) is 0 Å². The van der Waals surface area contributed by atoms with Crippen LogP contribution in [-0.2, 0) is 14.3 Å². The van der Waals surface area contributed by atoms with E-state index in [9.17, 15) is 4.79 Å². The summed E-state index contributed by atoms with van der Waals surface area (Å²) < 4.78 is 16.6. The number of benzene rings is 1. The van der Waals surface area contributed by atoms with Crippen LogP contribution in [0.25, 0.3) is 0 Å². The molecule has 1 fully saturated rings. The van der Waals surface area contributed by atoms with Gasteiger partial charge in [-0.2, -0.15) is 0 Å². The first-order chi connectivity index (χ1) is 10.0. The van der Waals surface area contributed by atoms with Crippen LogP contribution in [0.2, 0.25) is 0 Å². The number of carbonyl (C=O) groups is 1. The molecule has 0 radical (unpaired) electrons. The number of esters is 1. The molecule has 2 N–H and O–H groups in total. The van der Waals surface area contributed by atoms with Gasteiger partial charge in [-0.15, -0.1) is 0 Å². The van der Waals surface area contributed by atoms with E-state index in [0.29, 0.717) is 11.4 Å². The Morgan fingerprint density at radius 1 is 1.33 bits per heavy atom. The quantitative estimate of drug-likeness (QED) is 0.667. The molecule has 0 aromatic heterocycles. The van der Waals surface area contributed by atoms with Gasteiger partial charge in [0.2, 0.25) is 0 Å². The Labute approximate surface area is 125 Å². The van der Waals surface area contributed by atoms with Crippen LogP contribution in [0.4, 0.5) is 5.69 Å². The Morgan fingerprint density at radius 2 is 2.05 bits per heavy atom. The summed E-state index contributed by atoms with van der Waals surface area (Å²) in [7, 11) is 0. The molecule has 5 heteroatoms. The van der Waals surface area contributed by atoms with Gasteiger partial charge in [0.05, 0.1) is 25.2 Å². The van der Waals surface area contributed by atoms with Gasteiger partial charge in [0.25, 0.3) is 0 Å². The maximum atomic E-state index is 11.8. The third kappa shape index (κ3) is 5.27. The lowest BCUT2D eigenvalue weighted by Gasteiger charge is -2.31. The summed E-state index contributed by atoms with van der Waals surface area (Å²) in [6, 6.07) is 7.14. The van der Waals surface area contributed by atoms with E-state index in [1.165, 1.54) is 0 Å².